The monoisotopic (exact) mass is 1160 g/mol. The number of hydrogen-bond acceptors (Lipinski definition) is 16. The molecule has 4 aromatic carbocycles. The maximum atomic E-state index is 12.6. The largest absolute Gasteiger partial charge is 0.488 e. The van der Waals surface area contributed by atoms with Crippen LogP contribution in [0.2, 0.25) is 10.0 Å². The Morgan fingerprint density at radius 3 is 1.39 bits per heavy atom. The zero-order valence-electron chi connectivity index (χ0n) is 45.8. The summed E-state index contributed by atoms with van der Waals surface area (Å²) >= 11 is 14.0. The average molecular weight is 1160 g/mol. The molecule has 4 heterocycles. The average Bonchev–Trinajstić information content (AvgIpc) is 4.33. The number of nitrogens with zero attached hydrogens (tertiary/aromatic N) is 6. The van der Waals surface area contributed by atoms with Crippen LogP contribution in [-0.4, -0.2) is 116 Å². The van der Waals surface area contributed by atoms with Gasteiger partial charge in [-0.15, -0.1) is 0 Å². The number of rotatable bonds is 29. The molecule has 4 atom stereocenters. The molecule has 2 fully saturated rings. The van der Waals surface area contributed by atoms with Crippen molar-refractivity contribution in [3.8, 4) is 46.3 Å². The van der Waals surface area contributed by atoms with Gasteiger partial charge in [-0.05, 0) is 110 Å². The fraction of sp³-hybridized carbons (Fsp3) is 0.387. The predicted molar refractivity (Wildman–Crippen MR) is 305 cm³/mol. The van der Waals surface area contributed by atoms with Gasteiger partial charge in [-0.3, -0.25) is 29.4 Å². The molecule has 20 heteroatoms. The van der Waals surface area contributed by atoms with E-state index in [4.69, 9.17) is 51.6 Å². The topological polar surface area (TPSA) is 250 Å². The summed E-state index contributed by atoms with van der Waals surface area (Å²) in [6.07, 6.45) is 9.04. The number of nitriles is 2. The molecular formula is C62H66Cl2N6O12. The Bertz CT molecular complexity index is 3050. The van der Waals surface area contributed by atoms with Crippen LogP contribution in [0.4, 0.5) is 0 Å². The van der Waals surface area contributed by atoms with Gasteiger partial charge < -0.3 is 48.8 Å². The third kappa shape index (κ3) is 16.0. The lowest BCUT2D eigenvalue weighted by molar-refractivity contribution is -0.145. The first-order valence-electron chi connectivity index (χ1n) is 27.2. The molecule has 18 nitrogen and oxygen atoms in total. The first-order valence-corrected chi connectivity index (χ1v) is 27.9. The molecule has 2 aromatic heterocycles. The third-order valence-electron chi connectivity index (χ3n) is 14.7. The van der Waals surface area contributed by atoms with Crippen molar-refractivity contribution in [2.45, 2.75) is 116 Å². The molecule has 0 saturated carbocycles. The number of carbonyl (C=O) groups is 2. The van der Waals surface area contributed by atoms with Crippen molar-refractivity contribution >= 4 is 35.1 Å². The van der Waals surface area contributed by atoms with Crippen molar-refractivity contribution in [3.05, 3.63) is 163 Å². The van der Waals surface area contributed by atoms with Gasteiger partial charge in [0.15, 0.2) is 0 Å². The van der Waals surface area contributed by atoms with Gasteiger partial charge in [0.25, 0.3) is 0 Å². The maximum Gasteiger partial charge on any atom is 0.321 e. The number of aliphatic carboxylic acids is 2. The van der Waals surface area contributed by atoms with Gasteiger partial charge in [-0.1, -0.05) is 59.6 Å². The Kier molecular flexibility index (Phi) is 21.9. The van der Waals surface area contributed by atoms with E-state index in [-0.39, 0.29) is 87.8 Å². The molecule has 82 heavy (non-hydrogen) atoms. The molecule has 0 spiro atoms. The molecule has 2 aliphatic rings. The van der Waals surface area contributed by atoms with Gasteiger partial charge in [-0.25, -0.2) is 0 Å². The molecule has 4 N–H and O–H groups in total. The summed E-state index contributed by atoms with van der Waals surface area (Å²) in [5.74, 6) is -0.728. The fourth-order valence-electron chi connectivity index (χ4n) is 10.4. The summed E-state index contributed by atoms with van der Waals surface area (Å²) in [4.78, 5) is 37.1. The second-order valence-electron chi connectivity index (χ2n) is 20.4. The molecule has 0 bridgehead atoms. The minimum absolute atomic E-state index is 0.00240. The number of pyridine rings is 2. The van der Waals surface area contributed by atoms with Crippen LogP contribution in [0.5, 0.6) is 23.0 Å². The standard InChI is InChI=1S/C62H66Cl2N6O12/c1-39-45(37-81-59-23-57(79-35-43-19-41(25-65)27-67-29-43)47(21-53(59)63)31-69(33-49-9-5-17-77-49)55(13-15-71)61(73)74)7-3-11-51(39)52-12-4-8-46(40(52)2)38-82-60-24-58(80-36-44-20-42(26-66)28-68-30-44)48(22-54(60)64)32-70(34-50-10-6-18-78-50)56(14-16-72)62(75)76/h3-4,7-8,11-12,19-24,27-30,49-50,55-56,71-72H,5-6,9-10,13-18,31-38H2,1-2H3,(H,73,74)(H,75,76). The lowest BCUT2D eigenvalue weighted by Crippen LogP contribution is -2.45. The number of ether oxygens (including phenoxy) is 6. The molecule has 430 valence electrons. The summed E-state index contributed by atoms with van der Waals surface area (Å²) in [6.45, 7) is 5.74. The van der Waals surface area contributed by atoms with E-state index < -0.39 is 24.0 Å². The van der Waals surface area contributed by atoms with Crippen LogP contribution in [0.1, 0.15) is 94.2 Å². The number of hydrogen-bond donors (Lipinski definition) is 4. The van der Waals surface area contributed by atoms with Gasteiger partial charge in [0.2, 0.25) is 0 Å². The van der Waals surface area contributed by atoms with Crippen molar-refractivity contribution in [2.75, 3.05) is 39.5 Å². The highest BCUT2D eigenvalue weighted by Gasteiger charge is 2.32. The summed E-state index contributed by atoms with van der Waals surface area (Å²) in [5.41, 5.74) is 8.80. The summed E-state index contributed by atoms with van der Waals surface area (Å²) in [5, 5.41) is 60.0. The van der Waals surface area contributed by atoms with E-state index in [1.165, 1.54) is 12.4 Å². The van der Waals surface area contributed by atoms with Crippen molar-refractivity contribution in [1.29, 1.82) is 10.5 Å². The lowest BCUT2D eigenvalue weighted by atomic mass is 9.92. The number of benzene rings is 4. The normalized spacial score (nSPS) is 15.7. The Hall–Kier alpha value is -7.36. The van der Waals surface area contributed by atoms with Gasteiger partial charge in [0, 0.05) is 112 Å². The zero-order valence-corrected chi connectivity index (χ0v) is 47.3. The highest BCUT2D eigenvalue weighted by molar-refractivity contribution is 6.32. The first-order chi connectivity index (χ1) is 39.7. The van der Waals surface area contributed by atoms with E-state index in [2.05, 4.69) is 22.1 Å². The lowest BCUT2D eigenvalue weighted by Gasteiger charge is -2.31. The molecule has 0 amide bonds. The summed E-state index contributed by atoms with van der Waals surface area (Å²) in [6, 6.07) is 24.3. The van der Waals surface area contributed by atoms with E-state index in [1.807, 2.05) is 50.2 Å². The Morgan fingerprint density at radius 2 is 1.02 bits per heavy atom. The molecule has 0 aliphatic carbocycles. The number of aliphatic hydroxyl groups excluding tert-OH is 2. The van der Waals surface area contributed by atoms with E-state index >= 15 is 0 Å². The van der Waals surface area contributed by atoms with Crippen molar-refractivity contribution < 1.29 is 58.4 Å². The van der Waals surface area contributed by atoms with Crippen LogP contribution in [-0.2, 0) is 58.6 Å². The summed E-state index contributed by atoms with van der Waals surface area (Å²) < 4.78 is 37.6. The number of carboxylic acids is 2. The van der Waals surface area contributed by atoms with Gasteiger partial charge in [-0.2, -0.15) is 10.5 Å². The van der Waals surface area contributed by atoms with E-state index in [9.17, 15) is 40.5 Å². The molecule has 0 radical (unpaired) electrons. The maximum absolute atomic E-state index is 12.6. The van der Waals surface area contributed by atoms with Crippen LogP contribution in [0.25, 0.3) is 11.1 Å². The molecule has 8 rings (SSSR count). The van der Waals surface area contributed by atoms with Gasteiger partial charge in [0.1, 0.15) is 73.6 Å². The van der Waals surface area contributed by atoms with Crippen LogP contribution >= 0.6 is 23.2 Å². The zero-order chi connectivity index (χ0) is 58.1. The van der Waals surface area contributed by atoms with Crippen LogP contribution in [0.3, 0.4) is 0 Å². The van der Waals surface area contributed by atoms with Crippen molar-refractivity contribution in [1.82, 2.24) is 19.8 Å². The number of aliphatic hydroxyl groups is 2. The van der Waals surface area contributed by atoms with Crippen LogP contribution in [0.15, 0.2) is 97.6 Å². The fourth-order valence-corrected chi connectivity index (χ4v) is 10.8. The SMILES string of the molecule is Cc1c(COc2cc(OCc3cncc(C#N)c3)c(CN(CC3CCCO3)C(CCO)C(=O)O)cc2Cl)cccc1-c1cccc(COc2cc(OCc3cncc(C#N)c3)c(CN(CC3CCCO3)C(CCO)C(=O)O)cc2Cl)c1C. The Labute approximate surface area is 486 Å². The highest BCUT2D eigenvalue weighted by Crippen LogP contribution is 2.39. The van der Waals surface area contributed by atoms with Crippen LogP contribution < -0.4 is 18.9 Å². The third-order valence-corrected chi connectivity index (χ3v) is 15.3. The van der Waals surface area contributed by atoms with Gasteiger partial charge in [0.05, 0.1) is 33.4 Å². The van der Waals surface area contributed by atoms with E-state index in [1.54, 1.807) is 58.6 Å². The summed E-state index contributed by atoms with van der Waals surface area (Å²) in [7, 11) is 0. The van der Waals surface area contributed by atoms with Crippen molar-refractivity contribution in [3.63, 3.8) is 0 Å². The number of halogens is 2. The minimum atomic E-state index is -1.07. The minimum Gasteiger partial charge on any atom is -0.488 e. The molecular weight excluding hydrogens is 1090 g/mol. The molecule has 6 aromatic rings. The predicted octanol–water partition coefficient (Wildman–Crippen LogP) is 9.76. The number of aromatic nitrogens is 2. The number of carboxylic acid groups (broad SMARTS) is 2. The van der Waals surface area contributed by atoms with Crippen molar-refractivity contribution in [2.24, 2.45) is 0 Å². The molecule has 2 aliphatic heterocycles. The first kappa shape index (κ1) is 60.7. The van der Waals surface area contributed by atoms with E-state index in [0.717, 1.165) is 59.1 Å². The van der Waals surface area contributed by atoms with Gasteiger partial charge >= 0.3 is 11.9 Å². The van der Waals surface area contributed by atoms with E-state index in [0.29, 0.717) is 82.7 Å². The Morgan fingerprint density at radius 1 is 0.610 bits per heavy atom. The highest BCUT2D eigenvalue weighted by atomic mass is 35.5. The second-order valence-corrected chi connectivity index (χ2v) is 21.2. The quantitative estimate of drug-likeness (QED) is 0.0341. The smallest absolute Gasteiger partial charge is 0.321 e. The molecule has 4 unspecified atom stereocenters. The second kappa shape index (κ2) is 29.6. The Balaban J connectivity index is 1.03. The van der Waals surface area contributed by atoms with Crippen LogP contribution in [0, 0.1) is 36.5 Å². The molecule has 2 saturated heterocycles.